The van der Waals surface area contributed by atoms with Gasteiger partial charge in [0, 0.05) is 15.7 Å². The van der Waals surface area contributed by atoms with Crippen LogP contribution in [0.2, 0.25) is 0 Å². The summed E-state index contributed by atoms with van der Waals surface area (Å²) < 4.78 is 6.82. The third-order valence-corrected chi connectivity index (χ3v) is 8.35. The molecule has 2 saturated heterocycles. The number of anilines is 2. The van der Waals surface area contributed by atoms with E-state index in [0.717, 1.165) is 15.7 Å². The van der Waals surface area contributed by atoms with Crippen LogP contribution in [-0.2, 0) is 9.59 Å². The minimum atomic E-state index is -0.830. The van der Waals surface area contributed by atoms with Gasteiger partial charge in [0.2, 0.25) is 11.8 Å². The SMILES string of the molecule is COc1ccc(C(=O)[C@@H]2[C@@H]3C(=O)N(c4ccc(Br)cc4)C(=O)[C@H]3[C@@H]3C=Cc4ccccc4N23)cc1Br. The van der Waals surface area contributed by atoms with E-state index in [0.29, 0.717) is 21.5 Å². The van der Waals surface area contributed by atoms with Gasteiger partial charge in [-0.2, -0.15) is 0 Å². The monoisotopic (exact) mass is 606 g/mol. The van der Waals surface area contributed by atoms with Gasteiger partial charge in [-0.3, -0.25) is 14.4 Å². The predicted molar refractivity (Wildman–Crippen MR) is 144 cm³/mol. The molecule has 8 heteroatoms. The Hall–Kier alpha value is -3.23. The topological polar surface area (TPSA) is 66.9 Å². The molecule has 0 unspecified atom stereocenters. The Morgan fingerprint density at radius 3 is 2.36 bits per heavy atom. The highest BCUT2D eigenvalue weighted by Gasteiger charge is 2.64. The van der Waals surface area contributed by atoms with E-state index in [2.05, 4.69) is 31.9 Å². The van der Waals surface area contributed by atoms with Crippen LogP contribution in [0.15, 0.2) is 81.8 Å². The summed E-state index contributed by atoms with van der Waals surface area (Å²) in [7, 11) is 1.56. The minimum Gasteiger partial charge on any atom is -0.496 e. The molecule has 0 aliphatic carbocycles. The number of amides is 2. The zero-order chi connectivity index (χ0) is 25.1. The second-order valence-corrected chi connectivity index (χ2v) is 10.8. The fourth-order valence-electron chi connectivity index (χ4n) is 5.65. The number of carbonyl (C=O) groups is 3. The van der Waals surface area contributed by atoms with E-state index in [9.17, 15) is 14.4 Å². The van der Waals surface area contributed by atoms with Crippen molar-refractivity contribution in [3.63, 3.8) is 0 Å². The van der Waals surface area contributed by atoms with Crippen LogP contribution in [0.25, 0.3) is 6.08 Å². The summed E-state index contributed by atoms with van der Waals surface area (Å²) in [5.41, 5.74) is 2.75. The molecule has 2 fully saturated rings. The molecule has 2 amide bonds. The van der Waals surface area contributed by atoms with Crippen molar-refractivity contribution in [2.45, 2.75) is 12.1 Å². The number of hydrogen-bond donors (Lipinski definition) is 0. The van der Waals surface area contributed by atoms with Crippen molar-refractivity contribution in [2.24, 2.45) is 11.8 Å². The Morgan fingerprint density at radius 2 is 1.64 bits per heavy atom. The van der Waals surface area contributed by atoms with Gasteiger partial charge in [-0.25, -0.2) is 4.90 Å². The predicted octanol–water partition coefficient (Wildman–Crippen LogP) is 5.49. The maximum Gasteiger partial charge on any atom is 0.240 e. The van der Waals surface area contributed by atoms with Crippen molar-refractivity contribution < 1.29 is 19.1 Å². The largest absolute Gasteiger partial charge is 0.496 e. The van der Waals surface area contributed by atoms with Gasteiger partial charge in [0.05, 0.1) is 35.1 Å². The third kappa shape index (κ3) is 3.38. The molecule has 0 spiro atoms. The molecule has 4 atom stereocenters. The first-order valence-electron chi connectivity index (χ1n) is 11.5. The smallest absolute Gasteiger partial charge is 0.240 e. The first-order valence-corrected chi connectivity index (χ1v) is 13.1. The average molecular weight is 608 g/mol. The molecule has 36 heavy (non-hydrogen) atoms. The van der Waals surface area contributed by atoms with E-state index in [4.69, 9.17) is 4.74 Å². The summed E-state index contributed by atoms with van der Waals surface area (Å²) in [6, 6.07) is 18.7. The van der Waals surface area contributed by atoms with Crippen molar-refractivity contribution in [1.29, 1.82) is 0 Å². The van der Waals surface area contributed by atoms with Crippen molar-refractivity contribution >= 4 is 66.9 Å². The normalized spacial score (nSPS) is 24.0. The quantitative estimate of drug-likeness (QED) is 0.290. The maximum absolute atomic E-state index is 14.1. The van der Waals surface area contributed by atoms with Crippen LogP contribution < -0.4 is 14.5 Å². The standard InChI is InChI=1S/C28H20Br2N2O4/c1-36-22-13-7-16(14-19(22)30)26(33)25-24-23(21-12-6-15-4-2-3-5-20(15)32(21)25)27(34)31(28(24)35)18-10-8-17(29)9-11-18/h2-14,21,23-25H,1H3/t21-,23-,24+,25-/m0/s1. The lowest BCUT2D eigenvalue weighted by atomic mass is 9.86. The zero-order valence-corrected chi connectivity index (χ0v) is 22.3. The molecule has 6 nitrogen and oxygen atoms in total. The van der Waals surface area contributed by atoms with Gasteiger partial charge in [-0.05, 0) is 70.0 Å². The van der Waals surface area contributed by atoms with Crippen molar-refractivity contribution in [1.82, 2.24) is 0 Å². The molecular weight excluding hydrogens is 588 g/mol. The van der Waals surface area contributed by atoms with Gasteiger partial charge in [0.1, 0.15) is 11.8 Å². The number of para-hydroxylation sites is 1. The number of ether oxygens (including phenoxy) is 1. The summed E-state index contributed by atoms with van der Waals surface area (Å²) >= 11 is 6.87. The summed E-state index contributed by atoms with van der Waals surface area (Å²) in [5.74, 6) is -1.71. The number of methoxy groups -OCH3 is 1. The van der Waals surface area contributed by atoms with E-state index in [1.54, 1.807) is 49.6 Å². The second-order valence-electron chi connectivity index (χ2n) is 9.01. The van der Waals surface area contributed by atoms with Gasteiger partial charge in [-0.15, -0.1) is 0 Å². The van der Waals surface area contributed by atoms with Crippen molar-refractivity contribution in [2.75, 3.05) is 16.9 Å². The molecule has 0 radical (unpaired) electrons. The Balaban J connectivity index is 1.48. The molecule has 6 rings (SSSR count). The Bertz CT molecular complexity index is 1450. The second kappa shape index (κ2) is 8.71. The molecule has 3 aromatic carbocycles. The summed E-state index contributed by atoms with van der Waals surface area (Å²) in [6.07, 6.45) is 3.93. The van der Waals surface area contributed by atoms with Gasteiger partial charge >= 0.3 is 0 Å². The Morgan fingerprint density at radius 1 is 0.917 bits per heavy atom. The summed E-state index contributed by atoms with van der Waals surface area (Å²) in [4.78, 5) is 45.1. The van der Waals surface area contributed by atoms with Gasteiger partial charge in [0.15, 0.2) is 5.78 Å². The molecule has 0 saturated carbocycles. The number of Topliss-reactive ketones (excluding diaryl/α,β-unsaturated/α-hetero) is 1. The summed E-state index contributed by atoms with van der Waals surface area (Å²) in [5, 5.41) is 0. The number of imide groups is 1. The number of nitrogens with zero attached hydrogens (tertiary/aromatic N) is 2. The molecule has 0 aromatic heterocycles. The van der Waals surface area contributed by atoms with Crippen LogP contribution in [0, 0.1) is 11.8 Å². The van der Waals surface area contributed by atoms with E-state index in [1.807, 2.05) is 41.3 Å². The lowest BCUT2D eigenvalue weighted by Gasteiger charge is -2.36. The van der Waals surface area contributed by atoms with Crippen LogP contribution in [0.5, 0.6) is 5.75 Å². The Labute approximate surface area is 224 Å². The maximum atomic E-state index is 14.1. The van der Waals surface area contributed by atoms with E-state index in [-0.39, 0.29) is 17.6 Å². The first-order chi connectivity index (χ1) is 17.4. The molecule has 0 bridgehead atoms. The number of fused-ring (bicyclic) bond motifs is 5. The number of ketones is 1. The third-order valence-electron chi connectivity index (χ3n) is 7.20. The van der Waals surface area contributed by atoms with Crippen LogP contribution in [0.4, 0.5) is 11.4 Å². The van der Waals surface area contributed by atoms with Crippen LogP contribution >= 0.6 is 31.9 Å². The summed E-state index contributed by atoms with van der Waals surface area (Å²) in [6.45, 7) is 0. The van der Waals surface area contributed by atoms with Crippen molar-refractivity contribution in [3.05, 3.63) is 92.9 Å². The Kier molecular flexibility index (Phi) is 5.61. The minimum absolute atomic E-state index is 0.209. The van der Waals surface area contributed by atoms with Gasteiger partial charge in [-0.1, -0.05) is 46.3 Å². The van der Waals surface area contributed by atoms with E-state index in [1.165, 1.54) is 4.90 Å². The number of halogens is 2. The molecule has 3 aliphatic heterocycles. The molecule has 3 aromatic rings. The van der Waals surface area contributed by atoms with Crippen LogP contribution in [0.3, 0.4) is 0 Å². The number of hydrogen-bond acceptors (Lipinski definition) is 5. The van der Waals surface area contributed by atoms with Crippen LogP contribution in [-0.4, -0.2) is 36.8 Å². The molecular formula is C28H20Br2N2O4. The average Bonchev–Trinajstić information content (AvgIpc) is 3.37. The van der Waals surface area contributed by atoms with E-state index >= 15 is 0 Å². The highest BCUT2D eigenvalue weighted by atomic mass is 79.9. The number of benzene rings is 3. The highest BCUT2D eigenvalue weighted by Crippen LogP contribution is 2.50. The fraction of sp³-hybridized carbons (Fsp3) is 0.179. The number of rotatable bonds is 4. The van der Waals surface area contributed by atoms with Gasteiger partial charge in [0.25, 0.3) is 0 Å². The highest BCUT2D eigenvalue weighted by molar-refractivity contribution is 9.10. The number of carbonyl (C=O) groups excluding carboxylic acids is 3. The first kappa shape index (κ1) is 23.2. The van der Waals surface area contributed by atoms with Crippen molar-refractivity contribution in [3.8, 4) is 5.75 Å². The molecule has 0 N–H and O–H groups in total. The fourth-order valence-corrected chi connectivity index (χ4v) is 6.45. The zero-order valence-electron chi connectivity index (χ0n) is 19.1. The van der Waals surface area contributed by atoms with Crippen LogP contribution in [0.1, 0.15) is 15.9 Å². The molecule has 3 aliphatic rings. The lowest BCUT2D eigenvalue weighted by Crippen LogP contribution is -2.48. The van der Waals surface area contributed by atoms with E-state index < -0.39 is 23.9 Å². The molecule has 3 heterocycles. The lowest BCUT2D eigenvalue weighted by molar-refractivity contribution is -0.122. The molecule has 180 valence electrons. The van der Waals surface area contributed by atoms with Gasteiger partial charge < -0.3 is 9.64 Å².